The van der Waals surface area contributed by atoms with Crippen molar-refractivity contribution < 1.29 is 9.63 Å². The van der Waals surface area contributed by atoms with Crippen LogP contribution in [0.2, 0.25) is 5.02 Å². The summed E-state index contributed by atoms with van der Waals surface area (Å²) in [6, 6.07) is 16.4. The minimum absolute atomic E-state index is 0.395. The van der Waals surface area contributed by atoms with Crippen LogP contribution in [-0.2, 0) is 4.84 Å². The van der Waals surface area contributed by atoms with Crippen LogP contribution in [-0.4, -0.2) is 16.7 Å². The van der Waals surface area contributed by atoms with Crippen molar-refractivity contribution in [3.8, 4) is 10.6 Å². The summed E-state index contributed by atoms with van der Waals surface area (Å²) >= 11 is 7.33. The van der Waals surface area contributed by atoms with Crippen molar-refractivity contribution in [1.82, 2.24) is 4.98 Å². The van der Waals surface area contributed by atoms with E-state index in [0.717, 1.165) is 21.1 Å². The standard InChI is InChI=1S/C19H15ClN2O2S/c1-12-17(25-18(21-12)14-6-4-3-5-7-14)13(2)22-24-19(23)15-8-10-16(20)11-9-15/h3-11H,1-2H3. The Balaban J connectivity index is 1.77. The molecule has 0 saturated carbocycles. The Bertz CT molecular complexity index is 918. The molecule has 126 valence electrons. The van der Waals surface area contributed by atoms with Crippen LogP contribution in [0, 0.1) is 6.92 Å². The Hall–Kier alpha value is -2.50. The Kier molecular flexibility index (Phi) is 5.26. The molecule has 3 aromatic rings. The van der Waals surface area contributed by atoms with Gasteiger partial charge >= 0.3 is 5.97 Å². The highest BCUT2D eigenvalue weighted by molar-refractivity contribution is 7.17. The number of benzene rings is 2. The van der Waals surface area contributed by atoms with Gasteiger partial charge in [0.2, 0.25) is 0 Å². The third-order valence-electron chi connectivity index (χ3n) is 3.49. The van der Waals surface area contributed by atoms with E-state index in [-0.39, 0.29) is 0 Å². The van der Waals surface area contributed by atoms with Gasteiger partial charge in [-0.1, -0.05) is 47.1 Å². The molecule has 3 rings (SSSR count). The van der Waals surface area contributed by atoms with Crippen molar-refractivity contribution in [2.45, 2.75) is 13.8 Å². The molecule has 0 aliphatic carbocycles. The highest BCUT2D eigenvalue weighted by atomic mass is 35.5. The second kappa shape index (κ2) is 7.59. The van der Waals surface area contributed by atoms with E-state index < -0.39 is 5.97 Å². The average Bonchev–Trinajstić information content (AvgIpc) is 3.02. The number of oxime groups is 1. The summed E-state index contributed by atoms with van der Waals surface area (Å²) in [4.78, 5) is 22.5. The lowest BCUT2D eigenvalue weighted by Gasteiger charge is -2.00. The number of rotatable bonds is 4. The van der Waals surface area contributed by atoms with Crippen LogP contribution in [0.1, 0.15) is 27.9 Å². The molecule has 0 fully saturated rings. The van der Waals surface area contributed by atoms with Crippen molar-refractivity contribution in [3.05, 3.63) is 75.8 Å². The molecule has 1 heterocycles. The summed E-state index contributed by atoms with van der Waals surface area (Å²) in [5.41, 5.74) is 2.91. The average molecular weight is 371 g/mol. The molecule has 0 unspecified atom stereocenters. The summed E-state index contributed by atoms with van der Waals surface area (Å²) in [6.45, 7) is 3.71. The number of carbonyl (C=O) groups excluding carboxylic acids is 1. The van der Waals surface area contributed by atoms with Gasteiger partial charge in [0, 0.05) is 10.6 Å². The summed E-state index contributed by atoms with van der Waals surface area (Å²) in [5.74, 6) is -0.526. The molecule has 0 radical (unpaired) electrons. The molecule has 25 heavy (non-hydrogen) atoms. The molecule has 0 aliphatic heterocycles. The molecule has 0 amide bonds. The number of hydrogen-bond donors (Lipinski definition) is 0. The third kappa shape index (κ3) is 4.13. The maximum atomic E-state index is 12.0. The van der Waals surface area contributed by atoms with Crippen LogP contribution in [0.4, 0.5) is 0 Å². The van der Waals surface area contributed by atoms with Gasteiger partial charge in [-0.25, -0.2) is 9.78 Å². The number of thiazole rings is 1. The van der Waals surface area contributed by atoms with Crippen LogP contribution in [0.3, 0.4) is 0 Å². The van der Waals surface area contributed by atoms with Gasteiger partial charge in [-0.3, -0.25) is 0 Å². The molecular formula is C19H15ClN2O2S. The predicted octanol–water partition coefficient (Wildman–Crippen LogP) is 5.35. The number of aromatic nitrogens is 1. The number of carbonyl (C=O) groups is 1. The fourth-order valence-corrected chi connectivity index (χ4v) is 3.36. The van der Waals surface area contributed by atoms with Crippen LogP contribution in [0.15, 0.2) is 59.8 Å². The molecule has 0 N–H and O–H groups in total. The Morgan fingerprint density at radius 3 is 2.48 bits per heavy atom. The molecule has 2 aromatic carbocycles. The first-order valence-corrected chi connectivity index (χ1v) is 8.79. The maximum Gasteiger partial charge on any atom is 0.365 e. The number of halogens is 1. The first-order valence-electron chi connectivity index (χ1n) is 7.59. The van der Waals surface area contributed by atoms with Gasteiger partial charge in [0.1, 0.15) is 5.01 Å². The Morgan fingerprint density at radius 2 is 1.80 bits per heavy atom. The smallest absolute Gasteiger partial charge is 0.313 e. The van der Waals surface area contributed by atoms with Crippen molar-refractivity contribution >= 4 is 34.6 Å². The lowest BCUT2D eigenvalue weighted by Crippen LogP contribution is -2.03. The molecule has 4 nitrogen and oxygen atoms in total. The maximum absolute atomic E-state index is 12.0. The van der Waals surface area contributed by atoms with Gasteiger partial charge in [0.25, 0.3) is 0 Å². The molecule has 1 aromatic heterocycles. The topological polar surface area (TPSA) is 51.5 Å². The molecule has 0 spiro atoms. The van der Waals surface area contributed by atoms with Gasteiger partial charge in [0.15, 0.2) is 0 Å². The highest BCUT2D eigenvalue weighted by Gasteiger charge is 2.13. The Labute approximate surface area is 154 Å². The van der Waals surface area contributed by atoms with E-state index in [2.05, 4.69) is 10.1 Å². The largest absolute Gasteiger partial charge is 0.365 e. The SMILES string of the molecule is CC(=NOC(=O)c1ccc(Cl)cc1)c1sc(-c2ccccc2)nc1C. The fraction of sp³-hybridized carbons (Fsp3) is 0.105. The molecule has 6 heteroatoms. The van der Waals surface area contributed by atoms with Gasteiger partial charge < -0.3 is 4.84 Å². The van der Waals surface area contributed by atoms with E-state index in [4.69, 9.17) is 16.4 Å². The van der Waals surface area contributed by atoms with E-state index in [1.807, 2.05) is 37.3 Å². The molecule has 0 atom stereocenters. The third-order valence-corrected chi connectivity index (χ3v) is 5.06. The highest BCUT2D eigenvalue weighted by Crippen LogP contribution is 2.28. The van der Waals surface area contributed by atoms with Gasteiger partial charge in [-0.05, 0) is 38.1 Å². The lowest BCUT2D eigenvalue weighted by molar-refractivity contribution is 0.0516. The second-order valence-electron chi connectivity index (χ2n) is 5.36. The summed E-state index contributed by atoms with van der Waals surface area (Å²) in [7, 11) is 0. The van der Waals surface area contributed by atoms with Crippen molar-refractivity contribution in [3.63, 3.8) is 0 Å². The number of aryl methyl sites for hydroxylation is 1. The normalized spacial score (nSPS) is 11.4. The van der Waals surface area contributed by atoms with Gasteiger partial charge in [0.05, 0.1) is 21.8 Å². The quantitative estimate of drug-likeness (QED) is 0.353. The summed E-state index contributed by atoms with van der Waals surface area (Å²) in [6.07, 6.45) is 0. The minimum Gasteiger partial charge on any atom is -0.313 e. The Morgan fingerprint density at radius 1 is 1.12 bits per heavy atom. The second-order valence-corrected chi connectivity index (χ2v) is 6.80. The molecular weight excluding hydrogens is 356 g/mol. The predicted molar refractivity (Wildman–Crippen MR) is 101 cm³/mol. The zero-order chi connectivity index (χ0) is 17.8. The van der Waals surface area contributed by atoms with Crippen molar-refractivity contribution in [2.75, 3.05) is 0 Å². The zero-order valence-electron chi connectivity index (χ0n) is 13.7. The van der Waals surface area contributed by atoms with Crippen LogP contribution in [0.25, 0.3) is 10.6 Å². The molecule has 0 saturated heterocycles. The van der Waals surface area contributed by atoms with E-state index in [0.29, 0.717) is 16.3 Å². The van der Waals surface area contributed by atoms with Crippen LogP contribution < -0.4 is 0 Å². The van der Waals surface area contributed by atoms with Gasteiger partial charge in [-0.15, -0.1) is 11.3 Å². The fourth-order valence-electron chi connectivity index (χ4n) is 2.23. The summed E-state index contributed by atoms with van der Waals surface area (Å²) < 4.78 is 0. The zero-order valence-corrected chi connectivity index (χ0v) is 15.3. The van der Waals surface area contributed by atoms with Crippen molar-refractivity contribution in [1.29, 1.82) is 0 Å². The monoisotopic (exact) mass is 370 g/mol. The summed E-state index contributed by atoms with van der Waals surface area (Å²) in [5, 5.41) is 5.43. The molecule has 0 aliphatic rings. The number of nitrogens with zero attached hydrogens (tertiary/aromatic N) is 2. The van der Waals surface area contributed by atoms with Gasteiger partial charge in [-0.2, -0.15) is 0 Å². The van der Waals surface area contributed by atoms with E-state index in [1.165, 1.54) is 11.3 Å². The van der Waals surface area contributed by atoms with E-state index in [9.17, 15) is 4.79 Å². The van der Waals surface area contributed by atoms with Crippen LogP contribution in [0.5, 0.6) is 0 Å². The first-order chi connectivity index (χ1) is 12.0. The number of hydrogen-bond acceptors (Lipinski definition) is 5. The minimum atomic E-state index is -0.526. The van der Waals surface area contributed by atoms with Crippen molar-refractivity contribution in [2.24, 2.45) is 5.16 Å². The lowest BCUT2D eigenvalue weighted by atomic mass is 10.2. The van der Waals surface area contributed by atoms with E-state index >= 15 is 0 Å². The van der Waals surface area contributed by atoms with E-state index in [1.54, 1.807) is 31.2 Å². The van der Waals surface area contributed by atoms with Crippen LogP contribution >= 0.6 is 22.9 Å². The molecule has 0 bridgehead atoms. The first kappa shape index (κ1) is 17.3.